The molecule has 0 spiro atoms. The Labute approximate surface area is 156 Å². The van der Waals surface area contributed by atoms with E-state index in [9.17, 15) is 4.79 Å². The van der Waals surface area contributed by atoms with Crippen LogP contribution >= 0.6 is 11.8 Å². The van der Waals surface area contributed by atoms with Crippen LogP contribution in [-0.4, -0.2) is 44.8 Å². The molecule has 1 aromatic carbocycles. The number of fused-ring (bicyclic) bond motifs is 1. The average molecular weight is 370 g/mol. The van der Waals surface area contributed by atoms with Gasteiger partial charge < -0.3 is 10.2 Å². The molecule has 3 aromatic rings. The predicted octanol–water partition coefficient (Wildman–Crippen LogP) is 2.93. The number of aryl methyl sites for hydroxylation is 2. The minimum absolute atomic E-state index is 0.0814. The lowest BCUT2D eigenvalue weighted by atomic mass is 10.2. The van der Waals surface area contributed by atoms with E-state index in [4.69, 9.17) is 0 Å². The fraction of sp³-hybridized carbons (Fsp3) is 0.333. The van der Waals surface area contributed by atoms with Crippen molar-refractivity contribution in [1.29, 1.82) is 0 Å². The molecule has 1 amide bonds. The van der Waals surface area contributed by atoms with Crippen LogP contribution in [0, 0.1) is 13.8 Å². The lowest BCUT2D eigenvalue weighted by molar-refractivity contribution is -0.115. The highest BCUT2D eigenvalue weighted by Crippen LogP contribution is 2.24. The third kappa shape index (κ3) is 3.80. The van der Waals surface area contributed by atoms with Gasteiger partial charge in [0.25, 0.3) is 0 Å². The molecule has 0 bridgehead atoms. The molecule has 0 aliphatic rings. The van der Waals surface area contributed by atoms with Crippen molar-refractivity contribution in [2.24, 2.45) is 0 Å². The minimum Gasteiger partial charge on any atom is -0.378 e. The second-order valence-electron chi connectivity index (χ2n) is 6.31. The standard InChI is InChI=1S/C18H22N6OS/c1-11-10-16-21-22-18(24(16)13(3)19-11)26-12(2)17(25)20-14-6-8-15(9-7-14)23(4)5/h6-10,12H,1-5H3,(H,20,25). The van der Waals surface area contributed by atoms with Crippen molar-refractivity contribution in [3.05, 3.63) is 41.9 Å². The molecule has 0 saturated carbocycles. The summed E-state index contributed by atoms with van der Waals surface area (Å²) in [6.45, 7) is 5.68. The van der Waals surface area contributed by atoms with Gasteiger partial charge in [-0.1, -0.05) is 11.8 Å². The Morgan fingerprint density at radius 2 is 1.88 bits per heavy atom. The zero-order valence-corrected chi connectivity index (χ0v) is 16.3. The SMILES string of the molecule is Cc1cc2nnc(SC(C)C(=O)Nc3ccc(N(C)C)cc3)n2c(C)n1. The second-order valence-corrected chi connectivity index (χ2v) is 7.62. The first-order chi connectivity index (χ1) is 12.3. The fourth-order valence-electron chi connectivity index (χ4n) is 2.58. The molecule has 2 aromatic heterocycles. The maximum absolute atomic E-state index is 12.5. The highest BCUT2D eigenvalue weighted by Gasteiger charge is 2.19. The molecular weight excluding hydrogens is 348 g/mol. The summed E-state index contributed by atoms with van der Waals surface area (Å²) in [7, 11) is 3.96. The van der Waals surface area contributed by atoms with Crippen molar-refractivity contribution in [2.75, 3.05) is 24.3 Å². The van der Waals surface area contributed by atoms with Gasteiger partial charge in [0, 0.05) is 37.2 Å². The summed E-state index contributed by atoms with van der Waals surface area (Å²) in [6.07, 6.45) is 0. The normalized spacial score (nSPS) is 12.2. The molecule has 0 aliphatic carbocycles. The maximum atomic E-state index is 12.5. The molecule has 0 fully saturated rings. The molecule has 8 heteroatoms. The van der Waals surface area contributed by atoms with Gasteiger partial charge in [0.2, 0.25) is 5.91 Å². The van der Waals surface area contributed by atoms with Gasteiger partial charge in [-0.3, -0.25) is 9.20 Å². The summed E-state index contributed by atoms with van der Waals surface area (Å²) in [5.74, 6) is 0.724. The number of aromatic nitrogens is 4. The maximum Gasteiger partial charge on any atom is 0.237 e. The van der Waals surface area contributed by atoms with E-state index >= 15 is 0 Å². The van der Waals surface area contributed by atoms with Crippen molar-refractivity contribution >= 4 is 34.7 Å². The third-order valence-electron chi connectivity index (χ3n) is 3.96. The van der Waals surface area contributed by atoms with Crippen LogP contribution in [0.25, 0.3) is 5.65 Å². The first kappa shape index (κ1) is 18.2. The van der Waals surface area contributed by atoms with Gasteiger partial charge in [-0.25, -0.2) is 4.98 Å². The highest BCUT2D eigenvalue weighted by atomic mass is 32.2. The Kier molecular flexibility index (Phi) is 5.13. The number of rotatable bonds is 5. The van der Waals surface area contributed by atoms with Gasteiger partial charge in [0.15, 0.2) is 10.8 Å². The van der Waals surface area contributed by atoms with E-state index in [0.29, 0.717) is 5.16 Å². The van der Waals surface area contributed by atoms with Crippen molar-refractivity contribution in [3.8, 4) is 0 Å². The van der Waals surface area contributed by atoms with E-state index in [1.54, 1.807) is 0 Å². The molecule has 0 radical (unpaired) electrons. The minimum atomic E-state index is -0.323. The average Bonchev–Trinajstić information content (AvgIpc) is 2.98. The van der Waals surface area contributed by atoms with Crippen LogP contribution in [0.1, 0.15) is 18.4 Å². The third-order valence-corrected chi connectivity index (χ3v) is 5.00. The quantitative estimate of drug-likeness (QED) is 0.696. The fourth-order valence-corrected chi connectivity index (χ4v) is 3.48. The molecule has 1 atom stereocenters. The van der Waals surface area contributed by atoms with Crippen LogP contribution in [-0.2, 0) is 4.79 Å². The number of thioether (sulfide) groups is 1. The van der Waals surface area contributed by atoms with Crippen molar-refractivity contribution in [1.82, 2.24) is 19.6 Å². The van der Waals surface area contributed by atoms with Crippen LogP contribution in [0.15, 0.2) is 35.5 Å². The van der Waals surface area contributed by atoms with E-state index in [-0.39, 0.29) is 11.2 Å². The van der Waals surface area contributed by atoms with E-state index in [1.807, 2.05) is 74.5 Å². The van der Waals surface area contributed by atoms with Crippen LogP contribution < -0.4 is 10.2 Å². The Morgan fingerprint density at radius 3 is 2.54 bits per heavy atom. The zero-order valence-electron chi connectivity index (χ0n) is 15.5. The van der Waals surface area contributed by atoms with Crippen LogP contribution in [0.3, 0.4) is 0 Å². The summed E-state index contributed by atoms with van der Waals surface area (Å²) in [5.41, 5.74) is 3.49. The number of hydrogen-bond acceptors (Lipinski definition) is 6. The van der Waals surface area contributed by atoms with Gasteiger partial charge in [0.05, 0.1) is 5.25 Å². The molecule has 26 heavy (non-hydrogen) atoms. The van der Waals surface area contributed by atoms with Crippen molar-refractivity contribution in [2.45, 2.75) is 31.2 Å². The number of anilines is 2. The first-order valence-electron chi connectivity index (χ1n) is 8.29. The molecule has 3 rings (SSSR count). The summed E-state index contributed by atoms with van der Waals surface area (Å²) >= 11 is 1.36. The monoisotopic (exact) mass is 370 g/mol. The predicted molar refractivity (Wildman–Crippen MR) is 105 cm³/mol. The van der Waals surface area contributed by atoms with Crippen molar-refractivity contribution in [3.63, 3.8) is 0 Å². The van der Waals surface area contributed by atoms with E-state index in [0.717, 1.165) is 28.5 Å². The summed E-state index contributed by atoms with van der Waals surface area (Å²) in [5, 5.41) is 11.7. The van der Waals surface area contributed by atoms with Crippen molar-refractivity contribution < 1.29 is 4.79 Å². The van der Waals surface area contributed by atoms with Gasteiger partial charge >= 0.3 is 0 Å². The number of amides is 1. The summed E-state index contributed by atoms with van der Waals surface area (Å²) in [6, 6.07) is 9.61. The molecule has 0 aliphatic heterocycles. The Balaban J connectivity index is 1.71. The molecule has 0 saturated heterocycles. The Bertz CT molecular complexity index is 935. The topological polar surface area (TPSA) is 75.4 Å². The number of benzene rings is 1. The van der Waals surface area contributed by atoms with E-state index < -0.39 is 0 Å². The van der Waals surface area contributed by atoms with Crippen LogP contribution in [0.5, 0.6) is 0 Å². The zero-order chi connectivity index (χ0) is 18.8. The van der Waals surface area contributed by atoms with Crippen LogP contribution in [0.2, 0.25) is 0 Å². The number of hydrogen-bond donors (Lipinski definition) is 1. The lowest BCUT2D eigenvalue weighted by Crippen LogP contribution is -2.22. The number of nitrogens with zero attached hydrogens (tertiary/aromatic N) is 5. The van der Waals surface area contributed by atoms with E-state index in [1.165, 1.54) is 11.8 Å². The Hall–Kier alpha value is -2.61. The largest absolute Gasteiger partial charge is 0.378 e. The summed E-state index contributed by atoms with van der Waals surface area (Å²) < 4.78 is 1.87. The Morgan fingerprint density at radius 1 is 1.19 bits per heavy atom. The van der Waals surface area contributed by atoms with Gasteiger partial charge in [-0.15, -0.1) is 10.2 Å². The van der Waals surface area contributed by atoms with E-state index in [2.05, 4.69) is 20.5 Å². The second kappa shape index (κ2) is 7.33. The number of nitrogens with one attached hydrogen (secondary N) is 1. The highest BCUT2D eigenvalue weighted by molar-refractivity contribution is 8.00. The van der Waals surface area contributed by atoms with Crippen LogP contribution in [0.4, 0.5) is 11.4 Å². The first-order valence-corrected chi connectivity index (χ1v) is 9.17. The molecule has 2 heterocycles. The summed E-state index contributed by atoms with van der Waals surface area (Å²) in [4.78, 5) is 19.0. The molecule has 7 nitrogen and oxygen atoms in total. The number of carbonyl (C=O) groups excluding carboxylic acids is 1. The molecule has 136 valence electrons. The molecule has 1 N–H and O–H groups in total. The van der Waals surface area contributed by atoms with Gasteiger partial charge in [0.1, 0.15) is 5.82 Å². The smallest absolute Gasteiger partial charge is 0.237 e. The van der Waals surface area contributed by atoms with Gasteiger partial charge in [-0.2, -0.15) is 0 Å². The number of carbonyl (C=O) groups is 1. The van der Waals surface area contributed by atoms with Gasteiger partial charge in [-0.05, 0) is 45.0 Å². The lowest BCUT2D eigenvalue weighted by Gasteiger charge is -2.14. The molecule has 1 unspecified atom stereocenters. The molecular formula is C18H22N6OS.